The van der Waals surface area contributed by atoms with Gasteiger partial charge in [0, 0.05) is 13.6 Å². The number of likely N-dealkylation sites (tertiary alicyclic amines) is 1. The summed E-state index contributed by atoms with van der Waals surface area (Å²) in [7, 11) is 1.53. The van der Waals surface area contributed by atoms with Gasteiger partial charge >= 0.3 is 5.97 Å². The van der Waals surface area contributed by atoms with E-state index in [-0.39, 0.29) is 23.2 Å². The second-order valence-electron chi connectivity index (χ2n) is 5.76. The van der Waals surface area contributed by atoms with Crippen LogP contribution in [0.2, 0.25) is 0 Å². The fourth-order valence-electron chi connectivity index (χ4n) is 3.20. The van der Waals surface area contributed by atoms with Crippen molar-refractivity contribution in [3.05, 3.63) is 53.3 Å². The van der Waals surface area contributed by atoms with E-state index >= 15 is 0 Å². The molecule has 23 heavy (non-hydrogen) atoms. The number of aromatic carboxylic acids is 1. The minimum atomic E-state index is -1.14. The average molecular weight is 313 g/mol. The Morgan fingerprint density at radius 1 is 1.22 bits per heavy atom. The van der Waals surface area contributed by atoms with Crippen molar-refractivity contribution in [2.75, 3.05) is 6.54 Å². The molecule has 0 radical (unpaired) electrons. The number of aromatic nitrogens is 2. The van der Waals surface area contributed by atoms with Crippen LogP contribution in [0.25, 0.3) is 0 Å². The van der Waals surface area contributed by atoms with Crippen LogP contribution in [0.5, 0.6) is 0 Å². The van der Waals surface area contributed by atoms with E-state index in [1.165, 1.54) is 17.9 Å². The summed E-state index contributed by atoms with van der Waals surface area (Å²) in [5.41, 5.74) is 1.18. The molecule has 120 valence electrons. The fourth-order valence-corrected chi connectivity index (χ4v) is 3.20. The number of piperidine rings is 1. The molecule has 0 aliphatic carbocycles. The molecule has 1 aliphatic rings. The van der Waals surface area contributed by atoms with E-state index in [2.05, 4.69) is 5.10 Å². The van der Waals surface area contributed by atoms with E-state index in [1.807, 2.05) is 30.3 Å². The lowest BCUT2D eigenvalue weighted by Gasteiger charge is -2.36. The Labute approximate surface area is 134 Å². The smallest absolute Gasteiger partial charge is 0.354 e. The highest BCUT2D eigenvalue weighted by Gasteiger charge is 2.32. The van der Waals surface area contributed by atoms with Gasteiger partial charge in [-0.1, -0.05) is 30.3 Å². The van der Waals surface area contributed by atoms with Crippen LogP contribution in [0.1, 0.15) is 51.7 Å². The van der Waals surface area contributed by atoms with Crippen LogP contribution >= 0.6 is 0 Å². The highest BCUT2D eigenvalue weighted by atomic mass is 16.4. The molecule has 3 rings (SSSR count). The fraction of sp³-hybridized carbons (Fsp3) is 0.353. The van der Waals surface area contributed by atoms with Crippen LogP contribution in [-0.4, -0.2) is 38.2 Å². The van der Waals surface area contributed by atoms with E-state index in [0.717, 1.165) is 24.8 Å². The number of hydrogen-bond donors (Lipinski definition) is 1. The Bertz CT molecular complexity index is 724. The van der Waals surface area contributed by atoms with Gasteiger partial charge in [0.2, 0.25) is 0 Å². The van der Waals surface area contributed by atoms with E-state index < -0.39 is 5.97 Å². The number of carboxylic acids is 1. The highest BCUT2D eigenvalue weighted by molar-refractivity contribution is 6.03. The second-order valence-corrected chi connectivity index (χ2v) is 5.76. The molecule has 1 aliphatic heterocycles. The van der Waals surface area contributed by atoms with Gasteiger partial charge in [-0.05, 0) is 24.8 Å². The summed E-state index contributed by atoms with van der Waals surface area (Å²) in [6.07, 6.45) is 4.22. The molecule has 1 fully saturated rings. The SMILES string of the molecule is Cn1ncc(C(=O)N2CCCCC2c2ccccc2)c1C(=O)O. The normalized spacial score (nSPS) is 18.0. The van der Waals surface area contributed by atoms with E-state index in [1.54, 1.807) is 4.90 Å². The van der Waals surface area contributed by atoms with E-state index in [9.17, 15) is 14.7 Å². The molecule has 1 unspecified atom stereocenters. The number of rotatable bonds is 3. The van der Waals surface area contributed by atoms with Crippen molar-refractivity contribution < 1.29 is 14.7 Å². The van der Waals surface area contributed by atoms with Crippen LogP contribution in [-0.2, 0) is 7.05 Å². The zero-order valence-corrected chi connectivity index (χ0v) is 13.0. The Morgan fingerprint density at radius 3 is 2.65 bits per heavy atom. The summed E-state index contributed by atoms with van der Waals surface area (Å²) >= 11 is 0. The van der Waals surface area contributed by atoms with Gasteiger partial charge in [0.15, 0.2) is 5.69 Å². The van der Waals surface area contributed by atoms with Crippen LogP contribution in [0.4, 0.5) is 0 Å². The molecule has 1 aromatic carbocycles. The summed E-state index contributed by atoms with van der Waals surface area (Å²) < 4.78 is 1.23. The summed E-state index contributed by atoms with van der Waals surface area (Å²) in [5, 5.41) is 13.3. The quantitative estimate of drug-likeness (QED) is 0.944. The Hall–Kier alpha value is -2.63. The molecule has 2 heterocycles. The lowest BCUT2D eigenvalue weighted by atomic mass is 9.94. The van der Waals surface area contributed by atoms with Gasteiger partial charge < -0.3 is 10.0 Å². The lowest BCUT2D eigenvalue weighted by Crippen LogP contribution is -2.39. The number of carbonyl (C=O) groups excluding carboxylic acids is 1. The number of carbonyl (C=O) groups is 2. The van der Waals surface area contributed by atoms with Crippen molar-refractivity contribution >= 4 is 11.9 Å². The second kappa shape index (κ2) is 6.24. The van der Waals surface area contributed by atoms with Gasteiger partial charge in [0.25, 0.3) is 5.91 Å². The summed E-state index contributed by atoms with van der Waals surface area (Å²) in [5.74, 6) is -1.40. The molecule has 6 heteroatoms. The van der Waals surface area contributed by atoms with Crippen LogP contribution in [0.3, 0.4) is 0 Å². The predicted molar refractivity (Wildman–Crippen MR) is 84.2 cm³/mol. The molecule has 1 saturated heterocycles. The minimum Gasteiger partial charge on any atom is -0.477 e. The maximum absolute atomic E-state index is 12.9. The highest BCUT2D eigenvalue weighted by Crippen LogP contribution is 2.32. The largest absolute Gasteiger partial charge is 0.477 e. The molecule has 6 nitrogen and oxygen atoms in total. The molecule has 2 aromatic rings. The summed E-state index contributed by atoms with van der Waals surface area (Å²) in [6.45, 7) is 0.631. The van der Waals surface area contributed by atoms with Gasteiger partial charge in [-0.15, -0.1) is 0 Å². The van der Waals surface area contributed by atoms with Gasteiger partial charge in [-0.3, -0.25) is 9.48 Å². The number of hydrogen-bond acceptors (Lipinski definition) is 3. The molecule has 1 atom stereocenters. The van der Waals surface area contributed by atoms with Crippen molar-refractivity contribution in [2.45, 2.75) is 25.3 Å². The maximum Gasteiger partial charge on any atom is 0.354 e. The molecule has 1 N–H and O–H groups in total. The molecule has 0 saturated carbocycles. The van der Waals surface area contributed by atoms with Crippen molar-refractivity contribution in [3.8, 4) is 0 Å². The average Bonchev–Trinajstić information content (AvgIpc) is 2.97. The Morgan fingerprint density at radius 2 is 1.96 bits per heavy atom. The first-order valence-corrected chi connectivity index (χ1v) is 7.71. The van der Waals surface area contributed by atoms with Gasteiger partial charge in [0.1, 0.15) is 0 Å². The third-order valence-electron chi connectivity index (χ3n) is 4.32. The van der Waals surface area contributed by atoms with Crippen molar-refractivity contribution in [3.63, 3.8) is 0 Å². The molecule has 1 aromatic heterocycles. The third-order valence-corrected chi connectivity index (χ3v) is 4.32. The van der Waals surface area contributed by atoms with E-state index in [4.69, 9.17) is 0 Å². The lowest BCUT2D eigenvalue weighted by molar-refractivity contribution is 0.0591. The monoisotopic (exact) mass is 313 g/mol. The van der Waals surface area contributed by atoms with E-state index in [0.29, 0.717) is 6.54 Å². The van der Waals surface area contributed by atoms with Crippen molar-refractivity contribution in [1.29, 1.82) is 0 Å². The molecular weight excluding hydrogens is 294 g/mol. The number of nitrogens with zero attached hydrogens (tertiary/aromatic N) is 3. The first-order valence-electron chi connectivity index (χ1n) is 7.71. The van der Waals surface area contributed by atoms with Crippen LogP contribution < -0.4 is 0 Å². The molecule has 1 amide bonds. The number of aryl methyl sites for hydroxylation is 1. The molecule has 0 spiro atoms. The number of benzene rings is 1. The molecule has 0 bridgehead atoms. The number of carboxylic acid groups (broad SMARTS) is 1. The van der Waals surface area contributed by atoms with Gasteiger partial charge in [-0.25, -0.2) is 4.79 Å². The van der Waals surface area contributed by atoms with Crippen LogP contribution in [0.15, 0.2) is 36.5 Å². The van der Waals surface area contributed by atoms with Crippen LogP contribution in [0, 0.1) is 0 Å². The van der Waals surface area contributed by atoms with Crippen molar-refractivity contribution in [2.24, 2.45) is 7.05 Å². The third kappa shape index (κ3) is 2.84. The Balaban J connectivity index is 1.95. The minimum absolute atomic E-state index is 0.0145. The summed E-state index contributed by atoms with van der Waals surface area (Å²) in [6, 6.07) is 9.87. The van der Waals surface area contributed by atoms with Gasteiger partial charge in [0.05, 0.1) is 17.8 Å². The Kier molecular flexibility index (Phi) is 4.14. The first kappa shape index (κ1) is 15.3. The predicted octanol–water partition coefficient (Wildman–Crippen LogP) is 2.49. The zero-order chi connectivity index (χ0) is 16.4. The van der Waals surface area contributed by atoms with Gasteiger partial charge in [-0.2, -0.15) is 5.10 Å². The standard InChI is InChI=1S/C17H19N3O3/c1-19-15(17(22)23)13(11-18-19)16(21)20-10-6-5-9-14(20)12-7-3-2-4-8-12/h2-4,7-8,11,14H,5-6,9-10H2,1H3,(H,22,23). The maximum atomic E-state index is 12.9. The molecular formula is C17H19N3O3. The first-order chi connectivity index (χ1) is 11.1. The summed E-state index contributed by atoms with van der Waals surface area (Å²) in [4.78, 5) is 26.1. The number of amides is 1. The zero-order valence-electron chi connectivity index (χ0n) is 13.0. The van der Waals surface area contributed by atoms with Crippen molar-refractivity contribution in [1.82, 2.24) is 14.7 Å². The topological polar surface area (TPSA) is 75.4 Å².